The Labute approximate surface area is 171 Å². The monoisotopic (exact) mass is 430 g/mol. The van der Waals surface area contributed by atoms with E-state index in [0.717, 1.165) is 37.6 Å². The van der Waals surface area contributed by atoms with Gasteiger partial charge in [0.2, 0.25) is 0 Å². The van der Waals surface area contributed by atoms with E-state index < -0.39 is 25.2 Å². The number of halogens is 5. The van der Waals surface area contributed by atoms with Crippen molar-refractivity contribution in [3.05, 3.63) is 46.6 Å². The summed E-state index contributed by atoms with van der Waals surface area (Å²) in [6, 6.07) is 5.96. The van der Waals surface area contributed by atoms with E-state index >= 15 is 0 Å². The topological polar surface area (TPSA) is 50.3 Å². The molecular formula is C20H23F5N4O. The molecule has 0 unspecified atom stereocenters. The Morgan fingerprint density at radius 3 is 2.37 bits per heavy atom. The van der Waals surface area contributed by atoms with Crippen LogP contribution in [-0.4, -0.2) is 41.3 Å². The number of hydrogen-bond donors (Lipinski definition) is 1. The number of hydrogen-bond acceptors (Lipinski definition) is 5. The lowest BCUT2D eigenvalue weighted by molar-refractivity contribution is -0.141. The summed E-state index contributed by atoms with van der Waals surface area (Å²) in [7, 11) is 1.28. The van der Waals surface area contributed by atoms with Crippen molar-refractivity contribution in [2.24, 2.45) is 0 Å². The fourth-order valence-electron chi connectivity index (χ4n) is 3.49. The van der Waals surface area contributed by atoms with Crippen LogP contribution >= 0.6 is 0 Å². The molecule has 30 heavy (non-hydrogen) atoms. The van der Waals surface area contributed by atoms with Crippen molar-refractivity contribution < 1.29 is 26.7 Å². The molecule has 2 heterocycles. The number of rotatable bonds is 7. The Bertz CT molecular complexity index is 854. The molecule has 10 heteroatoms. The predicted octanol–water partition coefficient (Wildman–Crippen LogP) is 4.52. The smallest absolute Gasteiger partial charge is 0.435 e. The predicted molar refractivity (Wildman–Crippen MR) is 102 cm³/mol. The Morgan fingerprint density at radius 2 is 1.77 bits per heavy atom. The second-order valence-corrected chi connectivity index (χ2v) is 7.21. The van der Waals surface area contributed by atoms with Crippen LogP contribution in [0.3, 0.4) is 0 Å². The highest BCUT2D eigenvalue weighted by molar-refractivity contribution is 5.50. The first kappa shape index (κ1) is 22.2. The lowest BCUT2D eigenvalue weighted by atomic mass is 10.0. The molecule has 3 rings (SSSR count). The second kappa shape index (κ2) is 9.55. The molecule has 1 N–H and O–H groups in total. The number of ether oxygens (including phenoxy) is 1. The summed E-state index contributed by atoms with van der Waals surface area (Å²) in [5.41, 5.74) is 0.558. The summed E-state index contributed by atoms with van der Waals surface area (Å²) in [5.74, 6) is 0.171. The molecule has 1 saturated heterocycles. The third-order valence-corrected chi connectivity index (χ3v) is 5.16. The zero-order chi connectivity index (χ0) is 21.7. The average molecular weight is 430 g/mol. The average Bonchev–Trinajstić information content (AvgIpc) is 2.74. The van der Waals surface area contributed by atoms with E-state index in [2.05, 4.69) is 20.4 Å². The molecule has 1 aliphatic heterocycles. The van der Waals surface area contributed by atoms with Crippen molar-refractivity contribution in [2.75, 3.05) is 25.5 Å². The number of anilines is 1. The maximum atomic E-state index is 13.1. The second-order valence-electron chi connectivity index (χ2n) is 7.21. The molecule has 0 amide bonds. The maximum Gasteiger partial charge on any atom is 0.435 e. The number of benzene rings is 1. The van der Waals surface area contributed by atoms with Gasteiger partial charge in [-0.05, 0) is 29.5 Å². The molecule has 0 spiro atoms. The zero-order valence-corrected chi connectivity index (χ0v) is 16.5. The van der Waals surface area contributed by atoms with Crippen LogP contribution in [0.5, 0.6) is 5.75 Å². The molecule has 1 aliphatic rings. The first-order valence-corrected chi connectivity index (χ1v) is 9.54. The van der Waals surface area contributed by atoms with Crippen LogP contribution in [-0.2, 0) is 26.1 Å². The van der Waals surface area contributed by atoms with Gasteiger partial charge >= 0.3 is 6.18 Å². The standard InChI is InChI=1S/C20H23F5N4O/c1-30-17-9-18(20(23,24)25)27-28-19(17)26-16-4-6-29(7-5-16)12-13-2-3-14(10-21)15(8-13)11-22/h2-3,8-9,16H,4-7,10-12H2,1H3,(H,26,28). The van der Waals surface area contributed by atoms with Gasteiger partial charge in [0, 0.05) is 31.7 Å². The van der Waals surface area contributed by atoms with E-state index in [1.54, 1.807) is 18.2 Å². The van der Waals surface area contributed by atoms with Gasteiger partial charge in [0.05, 0.1) is 7.11 Å². The Hall–Kier alpha value is -2.49. The van der Waals surface area contributed by atoms with E-state index in [-0.39, 0.29) is 17.6 Å². The minimum Gasteiger partial charge on any atom is -0.493 e. The summed E-state index contributed by atoms with van der Waals surface area (Å²) in [6.07, 6.45) is -3.11. The molecule has 2 aromatic rings. The van der Waals surface area contributed by atoms with Crippen molar-refractivity contribution in [2.45, 2.75) is 45.0 Å². The van der Waals surface area contributed by atoms with Gasteiger partial charge in [-0.1, -0.05) is 18.2 Å². The third-order valence-electron chi connectivity index (χ3n) is 5.16. The molecule has 164 valence electrons. The summed E-state index contributed by atoms with van der Waals surface area (Å²) in [4.78, 5) is 2.19. The number of aromatic nitrogens is 2. The molecule has 5 nitrogen and oxygen atoms in total. The third kappa shape index (κ3) is 5.35. The van der Waals surface area contributed by atoms with Gasteiger partial charge in [0.1, 0.15) is 13.3 Å². The Balaban J connectivity index is 1.57. The number of nitrogens with one attached hydrogen (secondary N) is 1. The van der Waals surface area contributed by atoms with Crippen LogP contribution in [0.4, 0.5) is 27.8 Å². The molecular weight excluding hydrogens is 407 g/mol. The number of piperidine rings is 1. The van der Waals surface area contributed by atoms with Crippen LogP contribution in [0.25, 0.3) is 0 Å². The van der Waals surface area contributed by atoms with Gasteiger partial charge in [0.25, 0.3) is 0 Å². The Morgan fingerprint density at radius 1 is 1.07 bits per heavy atom. The first-order valence-electron chi connectivity index (χ1n) is 9.54. The molecule has 1 aromatic heterocycles. The fraction of sp³-hybridized carbons (Fsp3) is 0.500. The molecule has 1 aromatic carbocycles. The highest BCUT2D eigenvalue weighted by Gasteiger charge is 2.34. The van der Waals surface area contributed by atoms with Crippen LogP contribution in [0.15, 0.2) is 24.3 Å². The highest BCUT2D eigenvalue weighted by atomic mass is 19.4. The largest absolute Gasteiger partial charge is 0.493 e. The molecule has 0 aliphatic carbocycles. The Kier molecular flexibility index (Phi) is 7.06. The lowest BCUT2D eigenvalue weighted by Crippen LogP contribution is -2.39. The van der Waals surface area contributed by atoms with Crippen molar-refractivity contribution in [1.29, 1.82) is 0 Å². The number of alkyl halides is 5. The summed E-state index contributed by atoms with van der Waals surface area (Å²) < 4.78 is 69.3. The first-order chi connectivity index (χ1) is 14.3. The van der Waals surface area contributed by atoms with E-state index in [1.807, 2.05) is 0 Å². The molecule has 0 radical (unpaired) electrons. The maximum absolute atomic E-state index is 13.1. The minimum atomic E-state index is -4.59. The molecule has 0 saturated carbocycles. The molecule has 0 atom stereocenters. The highest BCUT2D eigenvalue weighted by Crippen LogP contribution is 2.32. The fourth-order valence-corrected chi connectivity index (χ4v) is 3.49. The van der Waals surface area contributed by atoms with Crippen LogP contribution in [0.1, 0.15) is 35.2 Å². The van der Waals surface area contributed by atoms with Crippen LogP contribution in [0.2, 0.25) is 0 Å². The molecule has 1 fully saturated rings. The van der Waals surface area contributed by atoms with E-state index in [0.29, 0.717) is 17.7 Å². The SMILES string of the molecule is COc1cc(C(F)(F)F)nnc1NC1CCN(Cc2ccc(CF)c(CF)c2)CC1. The summed E-state index contributed by atoms with van der Waals surface area (Å²) >= 11 is 0. The van der Waals surface area contributed by atoms with Crippen molar-refractivity contribution >= 4 is 5.82 Å². The summed E-state index contributed by atoms with van der Waals surface area (Å²) in [6.45, 7) is 0.714. The van der Waals surface area contributed by atoms with Gasteiger partial charge < -0.3 is 10.1 Å². The van der Waals surface area contributed by atoms with E-state index in [1.165, 1.54) is 7.11 Å². The number of nitrogens with zero attached hydrogens (tertiary/aromatic N) is 3. The van der Waals surface area contributed by atoms with Crippen molar-refractivity contribution in [3.63, 3.8) is 0 Å². The number of methoxy groups -OCH3 is 1. The molecule has 0 bridgehead atoms. The summed E-state index contributed by atoms with van der Waals surface area (Å²) in [5, 5.41) is 10.00. The normalized spacial score (nSPS) is 15.9. The quantitative estimate of drug-likeness (QED) is 0.655. The van der Waals surface area contributed by atoms with Crippen molar-refractivity contribution in [3.8, 4) is 5.75 Å². The van der Waals surface area contributed by atoms with Gasteiger partial charge in [-0.15, -0.1) is 10.2 Å². The van der Waals surface area contributed by atoms with E-state index in [9.17, 15) is 22.0 Å². The minimum absolute atomic E-state index is 0.00791. The van der Waals surface area contributed by atoms with Gasteiger partial charge in [-0.25, -0.2) is 8.78 Å². The van der Waals surface area contributed by atoms with Gasteiger partial charge in [-0.2, -0.15) is 13.2 Å². The van der Waals surface area contributed by atoms with Crippen LogP contribution in [0, 0.1) is 0 Å². The number of likely N-dealkylation sites (tertiary alicyclic amines) is 1. The zero-order valence-electron chi connectivity index (χ0n) is 16.5. The van der Waals surface area contributed by atoms with E-state index in [4.69, 9.17) is 4.74 Å². The van der Waals surface area contributed by atoms with Crippen LogP contribution < -0.4 is 10.1 Å². The van der Waals surface area contributed by atoms with Gasteiger partial charge in [0.15, 0.2) is 17.3 Å². The van der Waals surface area contributed by atoms with Crippen molar-refractivity contribution in [1.82, 2.24) is 15.1 Å². The lowest BCUT2D eigenvalue weighted by Gasteiger charge is -2.32. The van der Waals surface area contributed by atoms with Gasteiger partial charge in [-0.3, -0.25) is 4.90 Å².